The number of hydrogen-bond donors (Lipinski definition) is 1. The van der Waals surface area contributed by atoms with Crippen LogP contribution in [0.4, 0.5) is 0 Å². The van der Waals surface area contributed by atoms with Crippen LogP contribution >= 0.6 is 15.9 Å². The Kier molecular flexibility index (Phi) is 7.29. The van der Waals surface area contributed by atoms with Gasteiger partial charge in [0, 0.05) is 17.4 Å². The molecule has 49 heavy (non-hydrogen) atoms. The third kappa shape index (κ3) is 4.43. The second-order valence-electron chi connectivity index (χ2n) is 12.5. The Bertz CT molecular complexity index is 2340. The Morgan fingerprint density at radius 2 is 1.51 bits per heavy atom. The molecular formula is C39H30BrN3O6. The summed E-state index contributed by atoms with van der Waals surface area (Å²) in [4.78, 5) is 58.3. The number of phenolic OH excluding ortho intramolecular Hbond substituents is 1. The van der Waals surface area contributed by atoms with E-state index in [-0.39, 0.29) is 36.0 Å². The van der Waals surface area contributed by atoms with Crippen LogP contribution in [0.3, 0.4) is 0 Å². The average Bonchev–Trinajstić information content (AvgIpc) is 3.40. The van der Waals surface area contributed by atoms with E-state index in [0.29, 0.717) is 32.4 Å². The molecule has 1 N–H and O–H groups in total. The van der Waals surface area contributed by atoms with Crippen molar-refractivity contribution in [2.45, 2.75) is 30.3 Å². The lowest BCUT2D eigenvalue weighted by molar-refractivity contribution is -0.133. The predicted molar refractivity (Wildman–Crippen MR) is 187 cm³/mol. The quantitative estimate of drug-likeness (QED) is 0.233. The third-order valence-electron chi connectivity index (χ3n) is 10.3. The van der Waals surface area contributed by atoms with Gasteiger partial charge in [0.15, 0.2) is 23.1 Å². The van der Waals surface area contributed by atoms with Crippen LogP contribution in [-0.2, 0) is 21.5 Å². The zero-order valence-electron chi connectivity index (χ0n) is 26.3. The number of carbonyl (C=O) groups excluding carboxylic acids is 2. The molecule has 1 aliphatic heterocycles. The molecule has 0 radical (unpaired) electrons. The third-order valence-corrected chi connectivity index (χ3v) is 10.9. The first kappa shape index (κ1) is 30.8. The summed E-state index contributed by atoms with van der Waals surface area (Å²) in [5.74, 6) is -2.11. The molecule has 1 aromatic heterocycles. The Hall–Kier alpha value is -5.48. The van der Waals surface area contributed by atoms with Crippen molar-refractivity contribution >= 4 is 33.1 Å². The van der Waals surface area contributed by atoms with Crippen molar-refractivity contribution < 1.29 is 19.4 Å². The molecule has 2 aliphatic carbocycles. The van der Waals surface area contributed by atoms with Gasteiger partial charge in [-0.05, 0) is 75.0 Å². The van der Waals surface area contributed by atoms with Crippen molar-refractivity contribution in [1.29, 1.82) is 0 Å². The lowest BCUT2D eigenvalue weighted by Crippen LogP contribution is -2.58. The Morgan fingerprint density at radius 1 is 0.857 bits per heavy atom. The number of Topliss-reactive ketones (excluding diaryl/α,β-unsaturated/α-hetero) is 1. The van der Waals surface area contributed by atoms with E-state index < -0.39 is 34.7 Å². The van der Waals surface area contributed by atoms with Crippen molar-refractivity contribution in [3.63, 3.8) is 0 Å². The average molecular weight is 717 g/mol. The fraction of sp³-hybridized carbons (Fsp3) is 0.179. The first-order valence-electron chi connectivity index (χ1n) is 15.9. The van der Waals surface area contributed by atoms with Crippen LogP contribution in [0.15, 0.2) is 135 Å². The summed E-state index contributed by atoms with van der Waals surface area (Å²) in [6.07, 6.45) is 3.48. The summed E-state index contributed by atoms with van der Waals surface area (Å²) in [5, 5.41) is 10.8. The summed E-state index contributed by atoms with van der Waals surface area (Å²) >= 11 is 3.48. The maximum Gasteiger partial charge on any atom is 0.352 e. The Labute approximate surface area is 289 Å². The highest BCUT2D eigenvalue weighted by atomic mass is 79.9. The zero-order chi connectivity index (χ0) is 34.0. The number of halogens is 1. The molecule has 4 atom stereocenters. The molecule has 0 saturated heterocycles. The van der Waals surface area contributed by atoms with E-state index in [0.717, 1.165) is 10.1 Å². The predicted octanol–water partition coefficient (Wildman–Crippen LogP) is 5.74. The van der Waals surface area contributed by atoms with Crippen LogP contribution in [0, 0.1) is 5.92 Å². The molecule has 5 aromatic rings. The number of hydrogen-bond acceptors (Lipinski definition) is 6. The number of benzene rings is 4. The second-order valence-corrected chi connectivity index (χ2v) is 13.4. The zero-order valence-corrected chi connectivity index (χ0v) is 27.9. The summed E-state index contributed by atoms with van der Waals surface area (Å²) < 4.78 is 9.93. The van der Waals surface area contributed by atoms with E-state index in [1.54, 1.807) is 36.4 Å². The smallest absolute Gasteiger partial charge is 0.352 e. The number of aromatic hydroxyl groups is 1. The lowest BCUT2D eigenvalue weighted by atomic mass is 9.47. The fourth-order valence-corrected chi connectivity index (χ4v) is 8.68. The Balaban J connectivity index is 1.44. The van der Waals surface area contributed by atoms with Crippen molar-refractivity contribution in [3.8, 4) is 17.2 Å². The summed E-state index contributed by atoms with van der Waals surface area (Å²) in [5.41, 5.74) is 0.914. The monoisotopic (exact) mass is 715 g/mol. The van der Waals surface area contributed by atoms with Gasteiger partial charge in [-0.15, -0.1) is 0 Å². The second kappa shape index (κ2) is 11.6. The van der Waals surface area contributed by atoms with E-state index in [9.17, 15) is 19.5 Å². The van der Waals surface area contributed by atoms with Crippen molar-refractivity contribution in [3.05, 3.63) is 163 Å². The maximum atomic E-state index is 15.1. The number of nitrogens with zero attached hydrogens (tertiary/aromatic N) is 3. The van der Waals surface area contributed by atoms with Crippen LogP contribution in [0.25, 0.3) is 11.3 Å². The van der Waals surface area contributed by atoms with Crippen LogP contribution in [0.5, 0.6) is 11.5 Å². The van der Waals surface area contributed by atoms with Crippen molar-refractivity contribution in [2.75, 3.05) is 7.11 Å². The highest BCUT2D eigenvalue weighted by Crippen LogP contribution is 2.62. The van der Waals surface area contributed by atoms with Gasteiger partial charge in [-0.1, -0.05) is 84.9 Å². The highest BCUT2D eigenvalue weighted by Gasteiger charge is 2.63. The van der Waals surface area contributed by atoms with Gasteiger partial charge >= 0.3 is 11.4 Å². The number of carbonyl (C=O) groups is 2. The molecule has 0 spiro atoms. The first-order valence-corrected chi connectivity index (χ1v) is 16.7. The van der Waals surface area contributed by atoms with Gasteiger partial charge in [-0.3, -0.25) is 9.59 Å². The SMILES string of the molecule is COc1cc([C@H]2C3=CCn4c(=O)n(-c5ccccc5)c(=O)n4[C@@H]3C[C@H]3C(=O)C(c4ccccc4)=CC(=O)[C@@]23c2ccccc2)cc(Br)c1O. The van der Waals surface area contributed by atoms with E-state index in [1.807, 2.05) is 72.8 Å². The minimum Gasteiger partial charge on any atom is -0.503 e. The number of allylic oxidation sites excluding steroid dienone is 4. The topological polar surface area (TPSA) is 113 Å². The lowest BCUT2D eigenvalue weighted by Gasteiger charge is -2.54. The molecule has 2 heterocycles. The number of para-hydroxylation sites is 1. The standard InChI is InChI=1S/C39H30BrN3O6/c1-49-32-20-24(19-30(40)36(32)46)34-27-17-18-41-37(47)42(26-15-9-4-10-16-26)38(48)43(41)31(27)22-29-35(45)28(23-11-5-2-6-12-23)21-33(44)39(29,34)25-13-7-3-8-14-25/h2-17,19-21,29,31,34,46H,18,22H2,1H3/t29-,31+,34-,39-/m0/s1. The van der Waals surface area contributed by atoms with Crippen LogP contribution < -0.4 is 16.1 Å². The molecule has 0 bridgehead atoms. The summed E-state index contributed by atoms with van der Waals surface area (Å²) in [6.45, 7) is 0.0788. The minimum atomic E-state index is -1.42. The van der Waals surface area contributed by atoms with Gasteiger partial charge in [0.05, 0.1) is 35.3 Å². The number of rotatable bonds is 5. The maximum absolute atomic E-state index is 15.1. The normalized spacial score (nSPS) is 22.8. The number of methoxy groups -OCH3 is 1. The van der Waals surface area contributed by atoms with Crippen LogP contribution in [0.1, 0.15) is 35.1 Å². The van der Waals surface area contributed by atoms with E-state index in [2.05, 4.69) is 15.9 Å². The Morgan fingerprint density at radius 3 is 2.18 bits per heavy atom. The van der Waals surface area contributed by atoms with Gasteiger partial charge in [-0.2, -0.15) is 0 Å². The molecule has 4 aromatic carbocycles. The van der Waals surface area contributed by atoms with Crippen molar-refractivity contribution in [1.82, 2.24) is 13.9 Å². The van der Waals surface area contributed by atoms with E-state index in [4.69, 9.17) is 4.74 Å². The van der Waals surface area contributed by atoms with Gasteiger partial charge in [0.2, 0.25) is 0 Å². The van der Waals surface area contributed by atoms with Gasteiger partial charge < -0.3 is 9.84 Å². The molecule has 0 amide bonds. The molecular weight excluding hydrogens is 686 g/mol. The summed E-state index contributed by atoms with van der Waals surface area (Å²) in [6, 6.07) is 29.8. The molecule has 10 heteroatoms. The van der Waals surface area contributed by atoms with Crippen molar-refractivity contribution in [2.24, 2.45) is 5.92 Å². The molecule has 9 nitrogen and oxygen atoms in total. The molecule has 1 fully saturated rings. The first-order chi connectivity index (χ1) is 23.8. The molecule has 8 rings (SSSR count). The molecule has 3 aliphatic rings. The number of fused-ring (bicyclic) bond motifs is 4. The molecule has 0 unspecified atom stereocenters. The van der Waals surface area contributed by atoms with E-state index in [1.165, 1.54) is 22.5 Å². The molecule has 244 valence electrons. The number of phenols is 1. The highest BCUT2D eigenvalue weighted by molar-refractivity contribution is 9.10. The summed E-state index contributed by atoms with van der Waals surface area (Å²) in [7, 11) is 1.44. The number of ether oxygens (including phenoxy) is 1. The molecule has 1 saturated carbocycles. The van der Waals surface area contributed by atoms with Crippen LogP contribution in [0.2, 0.25) is 0 Å². The minimum absolute atomic E-state index is 0.0788. The van der Waals surface area contributed by atoms with Crippen LogP contribution in [-0.4, -0.2) is 37.7 Å². The van der Waals surface area contributed by atoms with Gasteiger partial charge in [0.1, 0.15) is 0 Å². The van der Waals surface area contributed by atoms with E-state index >= 15 is 4.79 Å². The number of ketones is 2. The number of aromatic nitrogens is 3. The fourth-order valence-electron chi connectivity index (χ4n) is 8.23. The van der Waals surface area contributed by atoms with Gasteiger partial charge in [-0.25, -0.2) is 23.5 Å². The largest absolute Gasteiger partial charge is 0.503 e. The van der Waals surface area contributed by atoms with Gasteiger partial charge in [0.25, 0.3) is 0 Å².